The van der Waals surface area contributed by atoms with Crippen LogP contribution in [0.4, 0.5) is 5.82 Å². The van der Waals surface area contributed by atoms with Gasteiger partial charge in [0.2, 0.25) is 0 Å². The first-order valence-corrected chi connectivity index (χ1v) is 9.85. The van der Waals surface area contributed by atoms with E-state index in [4.69, 9.17) is 5.73 Å². The Balaban J connectivity index is 1.42. The van der Waals surface area contributed by atoms with Gasteiger partial charge in [-0.25, -0.2) is 9.50 Å². The van der Waals surface area contributed by atoms with Crippen LogP contribution in [0.3, 0.4) is 0 Å². The highest BCUT2D eigenvalue weighted by Crippen LogP contribution is 2.29. The van der Waals surface area contributed by atoms with Crippen LogP contribution in [-0.4, -0.2) is 50.7 Å². The number of aromatic nitrogens is 4. The van der Waals surface area contributed by atoms with Gasteiger partial charge in [0, 0.05) is 56.9 Å². The van der Waals surface area contributed by atoms with E-state index in [9.17, 15) is 0 Å². The first kappa shape index (κ1) is 17.8. The first-order chi connectivity index (χ1) is 14.3. The number of piperazine rings is 1. The van der Waals surface area contributed by atoms with Crippen molar-refractivity contribution in [3.63, 3.8) is 0 Å². The van der Waals surface area contributed by atoms with Gasteiger partial charge < -0.3 is 11.1 Å². The van der Waals surface area contributed by atoms with Crippen LogP contribution < -0.4 is 11.1 Å². The van der Waals surface area contributed by atoms with Crippen LogP contribution in [-0.2, 0) is 6.54 Å². The number of hydrogen-bond acceptors (Lipinski definition) is 6. The predicted octanol–water partition coefficient (Wildman–Crippen LogP) is 2.45. The van der Waals surface area contributed by atoms with Crippen molar-refractivity contribution >= 4 is 11.5 Å². The molecule has 1 aromatic carbocycles. The molecule has 1 saturated heterocycles. The normalized spacial score (nSPS) is 15.0. The molecular formula is C22H23N7. The van der Waals surface area contributed by atoms with E-state index in [0.29, 0.717) is 11.5 Å². The molecule has 4 aromatic rings. The van der Waals surface area contributed by atoms with Crippen LogP contribution in [0.1, 0.15) is 5.56 Å². The van der Waals surface area contributed by atoms with Gasteiger partial charge in [0.15, 0.2) is 11.5 Å². The number of nitrogens with two attached hydrogens (primary N) is 1. The molecule has 5 rings (SSSR count). The maximum atomic E-state index is 6.16. The van der Waals surface area contributed by atoms with Crippen LogP contribution in [0.25, 0.3) is 28.0 Å². The molecule has 146 valence electrons. The van der Waals surface area contributed by atoms with Crippen LogP contribution in [0.5, 0.6) is 0 Å². The largest absolute Gasteiger partial charge is 0.382 e. The van der Waals surface area contributed by atoms with E-state index in [0.717, 1.165) is 55.1 Å². The number of benzene rings is 1. The topological polar surface area (TPSA) is 84.4 Å². The summed E-state index contributed by atoms with van der Waals surface area (Å²) in [5, 5.41) is 7.84. The van der Waals surface area contributed by atoms with Crippen molar-refractivity contribution < 1.29 is 0 Å². The zero-order valence-corrected chi connectivity index (χ0v) is 16.1. The Hall–Kier alpha value is -3.29. The van der Waals surface area contributed by atoms with E-state index in [1.165, 1.54) is 5.56 Å². The van der Waals surface area contributed by atoms with Gasteiger partial charge in [0.25, 0.3) is 0 Å². The Bertz CT molecular complexity index is 1110. The molecule has 0 aliphatic carbocycles. The maximum Gasteiger partial charge on any atom is 0.166 e. The minimum absolute atomic E-state index is 0.430. The summed E-state index contributed by atoms with van der Waals surface area (Å²) < 4.78 is 1.74. The third-order valence-corrected chi connectivity index (χ3v) is 5.32. The van der Waals surface area contributed by atoms with Crippen molar-refractivity contribution in [1.82, 2.24) is 29.8 Å². The molecule has 7 heteroatoms. The minimum Gasteiger partial charge on any atom is -0.382 e. The van der Waals surface area contributed by atoms with Crippen molar-refractivity contribution in [3.8, 4) is 22.4 Å². The van der Waals surface area contributed by atoms with Gasteiger partial charge in [-0.1, -0.05) is 30.3 Å². The molecular weight excluding hydrogens is 362 g/mol. The second kappa shape index (κ2) is 7.62. The number of pyridine rings is 1. The lowest BCUT2D eigenvalue weighted by atomic mass is 10.1. The van der Waals surface area contributed by atoms with Crippen LogP contribution in [0.2, 0.25) is 0 Å². The van der Waals surface area contributed by atoms with Crippen molar-refractivity contribution in [1.29, 1.82) is 0 Å². The van der Waals surface area contributed by atoms with Gasteiger partial charge in [-0.2, -0.15) is 0 Å². The summed E-state index contributed by atoms with van der Waals surface area (Å²) in [6, 6.07) is 14.4. The highest BCUT2D eigenvalue weighted by atomic mass is 15.3. The number of anilines is 1. The molecule has 0 radical (unpaired) electrons. The van der Waals surface area contributed by atoms with Crippen molar-refractivity contribution in [3.05, 3.63) is 66.6 Å². The second-order valence-electron chi connectivity index (χ2n) is 7.31. The molecule has 29 heavy (non-hydrogen) atoms. The van der Waals surface area contributed by atoms with Gasteiger partial charge in [-0.3, -0.25) is 9.88 Å². The Morgan fingerprint density at radius 1 is 0.966 bits per heavy atom. The average Bonchev–Trinajstić information content (AvgIpc) is 3.10. The number of nitrogen functional groups attached to an aromatic ring is 1. The van der Waals surface area contributed by atoms with E-state index < -0.39 is 0 Å². The Morgan fingerprint density at radius 2 is 1.79 bits per heavy atom. The average molecular weight is 385 g/mol. The van der Waals surface area contributed by atoms with Crippen molar-refractivity contribution in [2.45, 2.75) is 6.54 Å². The molecule has 3 aromatic heterocycles. The summed E-state index contributed by atoms with van der Waals surface area (Å²) in [6.45, 7) is 5.32. The molecule has 0 unspecified atom stereocenters. The smallest absolute Gasteiger partial charge is 0.166 e. The molecule has 0 saturated carbocycles. The van der Waals surface area contributed by atoms with Crippen molar-refractivity contribution in [2.24, 2.45) is 0 Å². The molecule has 0 atom stereocenters. The summed E-state index contributed by atoms with van der Waals surface area (Å²) in [4.78, 5) is 11.5. The lowest BCUT2D eigenvalue weighted by molar-refractivity contribution is 0.233. The van der Waals surface area contributed by atoms with E-state index in [2.05, 4.69) is 49.5 Å². The lowest BCUT2D eigenvalue weighted by Crippen LogP contribution is -2.42. The Kier molecular flexibility index (Phi) is 4.67. The molecule has 0 bridgehead atoms. The van der Waals surface area contributed by atoms with Gasteiger partial charge in [-0.05, 0) is 23.3 Å². The summed E-state index contributed by atoms with van der Waals surface area (Å²) in [5.74, 6) is 0.430. The first-order valence-electron chi connectivity index (χ1n) is 9.85. The standard InChI is InChI=1S/C22H23N7/c23-21-20(19-3-1-2-8-25-19)22-26-13-18(15-29(22)27-21)17-6-4-16(5-7-17)14-28-11-9-24-10-12-28/h1-8,13,15,24H,9-12,14H2,(H2,23,27). The summed E-state index contributed by atoms with van der Waals surface area (Å²) >= 11 is 0. The fourth-order valence-corrected chi connectivity index (χ4v) is 3.79. The number of nitrogens with one attached hydrogen (secondary N) is 1. The van der Waals surface area contributed by atoms with E-state index in [1.807, 2.05) is 30.6 Å². The molecule has 0 amide bonds. The Labute approximate surface area is 169 Å². The summed E-state index contributed by atoms with van der Waals surface area (Å²) in [6.07, 6.45) is 5.58. The third-order valence-electron chi connectivity index (χ3n) is 5.32. The molecule has 3 N–H and O–H groups in total. The summed E-state index contributed by atoms with van der Waals surface area (Å²) in [7, 11) is 0. The second-order valence-corrected chi connectivity index (χ2v) is 7.31. The molecule has 4 heterocycles. The number of fused-ring (bicyclic) bond motifs is 1. The highest BCUT2D eigenvalue weighted by Gasteiger charge is 2.15. The molecule has 1 aliphatic rings. The third kappa shape index (κ3) is 3.57. The Morgan fingerprint density at radius 3 is 2.55 bits per heavy atom. The number of hydrogen-bond donors (Lipinski definition) is 2. The van der Waals surface area contributed by atoms with E-state index in [1.54, 1.807) is 10.7 Å². The molecule has 1 aliphatic heterocycles. The fraction of sp³-hybridized carbons (Fsp3) is 0.227. The lowest BCUT2D eigenvalue weighted by Gasteiger charge is -2.27. The van der Waals surface area contributed by atoms with E-state index in [-0.39, 0.29) is 0 Å². The van der Waals surface area contributed by atoms with Crippen LogP contribution in [0.15, 0.2) is 61.1 Å². The molecule has 1 fully saturated rings. The zero-order chi connectivity index (χ0) is 19.6. The molecule has 0 spiro atoms. The minimum atomic E-state index is 0.430. The number of rotatable bonds is 4. The monoisotopic (exact) mass is 385 g/mol. The van der Waals surface area contributed by atoms with Gasteiger partial charge in [0.1, 0.15) is 0 Å². The fourth-order valence-electron chi connectivity index (χ4n) is 3.79. The van der Waals surface area contributed by atoms with Crippen LogP contribution >= 0.6 is 0 Å². The van der Waals surface area contributed by atoms with Crippen molar-refractivity contribution in [2.75, 3.05) is 31.9 Å². The quantitative estimate of drug-likeness (QED) is 0.561. The predicted molar refractivity (Wildman–Crippen MR) is 114 cm³/mol. The van der Waals surface area contributed by atoms with Crippen LogP contribution in [0, 0.1) is 0 Å². The summed E-state index contributed by atoms with van der Waals surface area (Å²) in [5.41, 5.74) is 11.8. The van der Waals surface area contributed by atoms with Gasteiger partial charge in [0.05, 0.1) is 11.3 Å². The highest BCUT2D eigenvalue weighted by molar-refractivity contribution is 5.84. The van der Waals surface area contributed by atoms with E-state index >= 15 is 0 Å². The SMILES string of the molecule is Nc1nn2cc(-c3ccc(CN4CCNCC4)cc3)cnc2c1-c1ccccn1. The van der Waals surface area contributed by atoms with Gasteiger partial charge >= 0.3 is 0 Å². The van der Waals surface area contributed by atoms with Gasteiger partial charge in [-0.15, -0.1) is 5.10 Å². The molecule has 7 nitrogen and oxygen atoms in total. The maximum absolute atomic E-state index is 6.16. The number of nitrogens with zero attached hydrogens (tertiary/aromatic N) is 5. The zero-order valence-electron chi connectivity index (χ0n) is 16.1.